The van der Waals surface area contributed by atoms with E-state index in [4.69, 9.17) is 9.15 Å². The van der Waals surface area contributed by atoms with E-state index in [9.17, 15) is 19.7 Å². The molecule has 2 atom stereocenters. The number of rotatable bonds is 2. The number of ether oxygens (including phenoxy) is 1. The molecule has 0 amide bonds. The number of carbonyl (C=O) groups excluding carboxylic acids is 2. The molecule has 7 heteroatoms. The van der Waals surface area contributed by atoms with Crippen molar-refractivity contribution in [1.29, 1.82) is 0 Å². The molecule has 0 fully saturated rings. The molecule has 1 aromatic carbocycles. The second kappa shape index (κ2) is 5.16. The Morgan fingerprint density at radius 1 is 1.04 bits per heavy atom. The van der Waals surface area contributed by atoms with E-state index in [2.05, 4.69) is 0 Å². The molecule has 120 valence electrons. The van der Waals surface area contributed by atoms with Crippen molar-refractivity contribution in [2.24, 2.45) is 0 Å². The van der Waals surface area contributed by atoms with Gasteiger partial charge in [0.1, 0.15) is 11.7 Å². The molecule has 1 aliphatic heterocycles. The topological polar surface area (TPSA) is 99.7 Å². The highest BCUT2D eigenvalue weighted by Crippen LogP contribution is 2.41. The van der Waals surface area contributed by atoms with Crippen LogP contribution in [-0.2, 0) is 4.74 Å². The minimum absolute atomic E-state index is 0.00148. The zero-order valence-corrected chi connectivity index (χ0v) is 12.3. The van der Waals surface area contributed by atoms with Crippen molar-refractivity contribution in [3.8, 4) is 0 Å². The summed E-state index contributed by atoms with van der Waals surface area (Å²) in [5.74, 6) is -1.67. The number of Topliss-reactive ketones (excluding diaryl/α,β-unsaturated/α-hetero) is 2. The Morgan fingerprint density at radius 2 is 1.75 bits per heavy atom. The molecule has 1 aliphatic carbocycles. The van der Waals surface area contributed by atoms with Gasteiger partial charge >= 0.3 is 0 Å². The third-order valence-electron chi connectivity index (χ3n) is 4.33. The van der Waals surface area contributed by atoms with Gasteiger partial charge < -0.3 is 9.15 Å². The molecule has 4 rings (SSSR count). The van der Waals surface area contributed by atoms with E-state index in [0.29, 0.717) is 0 Å². The van der Waals surface area contributed by atoms with Gasteiger partial charge in [-0.2, -0.15) is 0 Å². The highest BCUT2D eigenvalue weighted by atomic mass is 16.6. The fourth-order valence-electron chi connectivity index (χ4n) is 3.24. The fraction of sp³-hybridized carbons (Fsp3) is 0.176. The first-order valence-corrected chi connectivity index (χ1v) is 7.32. The van der Waals surface area contributed by atoms with E-state index in [-0.39, 0.29) is 34.8 Å². The lowest BCUT2D eigenvalue weighted by Crippen LogP contribution is -2.42. The molecule has 1 aromatic heterocycles. The van der Waals surface area contributed by atoms with Crippen LogP contribution in [0.2, 0.25) is 0 Å². The molecule has 0 bridgehead atoms. The smallest absolute Gasteiger partial charge is 0.260 e. The molecule has 0 saturated carbocycles. The van der Waals surface area contributed by atoms with Crippen molar-refractivity contribution >= 4 is 11.6 Å². The van der Waals surface area contributed by atoms with Crippen LogP contribution in [0.5, 0.6) is 0 Å². The maximum atomic E-state index is 12.9. The van der Waals surface area contributed by atoms with Gasteiger partial charge in [0.2, 0.25) is 5.78 Å². The predicted octanol–water partition coefficient (Wildman–Crippen LogP) is 2.37. The maximum absolute atomic E-state index is 12.9. The number of benzene rings is 1. The van der Waals surface area contributed by atoms with Crippen LogP contribution >= 0.6 is 0 Å². The van der Waals surface area contributed by atoms with Crippen LogP contribution in [0.3, 0.4) is 0 Å². The van der Waals surface area contributed by atoms with Crippen molar-refractivity contribution in [2.75, 3.05) is 6.61 Å². The molecular weight excluding hydrogens is 314 g/mol. The van der Waals surface area contributed by atoms with Gasteiger partial charge in [0, 0.05) is 16.1 Å². The molecule has 2 aliphatic rings. The van der Waals surface area contributed by atoms with Crippen molar-refractivity contribution in [1.82, 2.24) is 0 Å². The van der Waals surface area contributed by atoms with Crippen molar-refractivity contribution < 1.29 is 23.7 Å². The number of carbonyl (C=O) groups is 2. The Hall–Kier alpha value is -3.22. The summed E-state index contributed by atoms with van der Waals surface area (Å²) in [6, 6.07) is 8.34. The Bertz CT molecular complexity index is 896. The fourth-order valence-corrected chi connectivity index (χ4v) is 3.24. The molecule has 0 radical (unpaired) electrons. The molecular formula is C17H11NO6. The molecule has 24 heavy (non-hydrogen) atoms. The van der Waals surface area contributed by atoms with E-state index in [1.807, 2.05) is 0 Å². The number of ketones is 2. The van der Waals surface area contributed by atoms with Gasteiger partial charge in [-0.15, -0.1) is 0 Å². The van der Waals surface area contributed by atoms with E-state index in [1.165, 1.54) is 12.3 Å². The first-order chi connectivity index (χ1) is 11.6. The van der Waals surface area contributed by atoms with Crippen LogP contribution in [0, 0.1) is 10.1 Å². The summed E-state index contributed by atoms with van der Waals surface area (Å²) in [5, 5.41) is 11.4. The average molecular weight is 325 g/mol. The van der Waals surface area contributed by atoms with Crippen molar-refractivity contribution in [2.45, 2.75) is 12.0 Å². The standard InChI is InChI=1S/C17H11NO6/c19-15-9-4-1-2-5-10(9)16(20)17-14(15)13(12-6-3-7-23-12)11(8-24-17)18(21)22/h1-7,11,13H,8H2/t11-,13-/m0/s1. The Morgan fingerprint density at radius 3 is 2.38 bits per heavy atom. The normalized spacial score (nSPS) is 22.7. The van der Waals surface area contributed by atoms with Gasteiger partial charge in [-0.25, -0.2) is 0 Å². The molecule has 0 saturated heterocycles. The largest absolute Gasteiger partial charge is 0.482 e. The summed E-state index contributed by atoms with van der Waals surface area (Å²) in [6.45, 7) is -0.293. The molecule has 0 N–H and O–H groups in total. The second-order valence-electron chi connectivity index (χ2n) is 5.60. The van der Waals surface area contributed by atoms with Crippen LogP contribution in [-0.4, -0.2) is 29.1 Å². The number of hydrogen-bond acceptors (Lipinski definition) is 6. The number of allylic oxidation sites excluding steroid dienone is 1. The van der Waals surface area contributed by atoms with E-state index < -0.39 is 28.4 Å². The van der Waals surface area contributed by atoms with Crippen LogP contribution in [0.1, 0.15) is 32.4 Å². The van der Waals surface area contributed by atoms with Gasteiger partial charge in [0.15, 0.2) is 18.1 Å². The van der Waals surface area contributed by atoms with Crippen LogP contribution in [0.15, 0.2) is 58.4 Å². The lowest BCUT2D eigenvalue weighted by molar-refractivity contribution is -0.530. The Balaban J connectivity index is 1.94. The van der Waals surface area contributed by atoms with Crippen LogP contribution in [0.25, 0.3) is 0 Å². The average Bonchev–Trinajstić information content (AvgIpc) is 3.12. The van der Waals surface area contributed by atoms with E-state index >= 15 is 0 Å². The van der Waals surface area contributed by atoms with Gasteiger partial charge in [0.25, 0.3) is 6.04 Å². The van der Waals surface area contributed by atoms with E-state index in [1.54, 1.807) is 30.3 Å². The number of nitro groups is 1. The molecule has 2 heterocycles. The summed E-state index contributed by atoms with van der Waals surface area (Å²) >= 11 is 0. The lowest BCUT2D eigenvalue weighted by atomic mass is 9.77. The SMILES string of the molecule is O=C1C2=C(C(=O)c3ccccc31)[C@H](c1ccco1)[C@@H]([N+](=O)[O-])CO2. The molecule has 2 aromatic rings. The monoisotopic (exact) mass is 325 g/mol. The first kappa shape index (κ1) is 14.4. The number of hydrogen-bond donors (Lipinski definition) is 0. The summed E-state index contributed by atoms with van der Waals surface area (Å²) in [5.41, 5.74) is 0.478. The summed E-state index contributed by atoms with van der Waals surface area (Å²) in [7, 11) is 0. The Labute approximate surface area is 135 Å². The third kappa shape index (κ3) is 1.91. The molecule has 0 spiro atoms. The first-order valence-electron chi connectivity index (χ1n) is 7.32. The maximum Gasteiger partial charge on any atom is 0.260 e. The number of fused-ring (bicyclic) bond motifs is 1. The van der Waals surface area contributed by atoms with Gasteiger partial charge in [-0.1, -0.05) is 24.3 Å². The highest BCUT2D eigenvalue weighted by molar-refractivity contribution is 6.26. The second-order valence-corrected chi connectivity index (χ2v) is 5.60. The quantitative estimate of drug-likeness (QED) is 0.621. The minimum Gasteiger partial charge on any atom is -0.482 e. The Kier molecular flexibility index (Phi) is 3.09. The number of nitrogens with zero attached hydrogens (tertiary/aromatic N) is 1. The lowest BCUT2D eigenvalue weighted by Gasteiger charge is -2.31. The van der Waals surface area contributed by atoms with Crippen LogP contribution in [0.4, 0.5) is 0 Å². The summed E-state index contributed by atoms with van der Waals surface area (Å²) < 4.78 is 10.7. The molecule has 0 unspecified atom stereocenters. The predicted molar refractivity (Wildman–Crippen MR) is 80.3 cm³/mol. The van der Waals surface area contributed by atoms with Crippen LogP contribution < -0.4 is 0 Å². The third-order valence-corrected chi connectivity index (χ3v) is 4.33. The van der Waals surface area contributed by atoms with Gasteiger partial charge in [-0.3, -0.25) is 19.7 Å². The summed E-state index contributed by atoms with van der Waals surface area (Å²) in [6.07, 6.45) is 1.38. The van der Waals surface area contributed by atoms with Gasteiger partial charge in [-0.05, 0) is 12.1 Å². The van der Waals surface area contributed by atoms with Crippen molar-refractivity contribution in [3.63, 3.8) is 0 Å². The minimum atomic E-state index is -1.20. The zero-order chi connectivity index (χ0) is 16.8. The van der Waals surface area contributed by atoms with Gasteiger partial charge in [0.05, 0.1) is 11.8 Å². The number of furan rings is 1. The highest BCUT2D eigenvalue weighted by Gasteiger charge is 2.50. The van der Waals surface area contributed by atoms with Crippen molar-refractivity contribution in [3.05, 3.63) is 81.0 Å². The molecule has 7 nitrogen and oxygen atoms in total. The zero-order valence-electron chi connectivity index (χ0n) is 12.3. The van der Waals surface area contributed by atoms with E-state index in [0.717, 1.165) is 0 Å². The summed E-state index contributed by atoms with van der Waals surface area (Å²) in [4.78, 5) is 36.5.